The summed E-state index contributed by atoms with van der Waals surface area (Å²) in [7, 11) is 0. The van der Waals surface area contributed by atoms with Gasteiger partial charge in [-0.2, -0.15) is 5.26 Å². The summed E-state index contributed by atoms with van der Waals surface area (Å²) < 4.78 is 1.53. The highest BCUT2D eigenvalue weighted by Crippen LogP contribution is 2.16. The van der Waals surface area contributed by atoms with Crippen molar-refractivity contribution in [1.82, 2.24) is 9.88 Å². The zero-order valence-corrected chi connectivity index (χ0v) is 10.7. The van der Waals surface area contributed by atoms with Crippen LogP contribution in [0.15, 0.2) is 15.5 Å². The number of pyridine rings is 1. The summed E-state index contributed by atoms with van der Waals surface area (Å²) in [4.78, 5) is 23.1. The van der Waals surface area contributed by atoms with Crippen LogP contribution >= 0.6 is 15.9 Å². The molecule has 1 aromatic rings. The second-order valence-corrected chi connectivity index (χ2v) is 4.18. The van der Waals surface area contributed by atoms with Crippen LogP contribution in [0, 0.1) is 18.3 Å². The van der Waals surface area contributed by atoms with E-state index in [-0.39, 0.29) is 18.6 Å². The van der Waals surface area contributed by atoms with Crippen molar-refractivity contribution in [2.45, 2.75) is 13.5 Å². The van der Waals surface area contributed by atoms with Gasteiger partial charge in [-0.05, 0) is 28.4 Å². The SMILES string of the molecule is Cc1c(N)cn(CC(=O)NCC#N)c(=O)c1Br. The number of nitrogens with zero attached hydrogens (tertiary/aromatic N) is 2. The molecule has 7 heteroatoms. The summed E-state index contributed by atoms with van der Waals surface area (Å²) >= 11 is 3.13. The first kappa shape index (κ1) is 13.3. The molecule has 0 saturated heterocycles. The molecule has 0 aliphatic heterocycles. The lowest BCUT2D eigenvalue weighted by molar-refractivity contribution is -0.121. The number of amides is 1. The van der Waals surface area contributed by atoms with Gasteiger partial charge in [-0.15, -0.1) is 0 Å². The van der Waals surface area contributed by atoms with Gasteiger partial charge in [0.05, 0.1) is 16.2 Å². The number of carbonyl (C=O) groups excluding carboxylic acids is 1. The van der Waals surface area contributed by atoms with Gasteiger partial charge in [0.1, 0.15) is 13.1 Å². The van der Waals surface area contributed by atoms with E-state index in [1.807, 2.05) is 0 Å². The van der Waals surface area contributed by atoms with E-state index < -0.39 is 5.91 Å². The van der Waals surface area contributed by atoms with Crippen LogP contribution in [0.5, 0.6) is 0 Å². The van der Waals surface area contributed by atoms with Crippen molar-refractivity contribution in [3.63, 3.8) is 0 Å². The Kier molecular flexibility index (Phi) is 4.29. The minimum atomic E-state index is -0.413. The molecular formula is C10H11BrN4O2. The molecule has 0 saturated carbocycles. The second kappa shape index (κ2) is 5.50. The summed E-state index contributed by atoms with van der Waals surface area (Å²) in [5.41, 5.74) is 6.43. The number of hydrogen-bond donors (Lipinski definition) is 2. The van der Waals surface area contributed by atoms with E-state index in [1.54, 1.807) is 13.0 Å². The van der Waals surface area contributed by atoms with Gasteiger partial charge in [-0.3, -0.25) is 9.59 Å². The van der Waals surface area contributed by atoms with Crippen LogP contribution in [0.3, 0.4) is 0 Å². The van der Waals surface area contributed by atoms with E-state index in [1.165, 1.54) is 10.8 Å². The average Bonchev–Trinajstić information content (AvgIpc) is 2.30. The maximum absolute atomic E-state index is 11.8. The van der Waals surface area contributed by atoms with Crippen molar-refractivity contribution >= 4 is 27.5 Å². The molecule has 0 atom stereocenters. The minimum Gasteiger partial charge on any atom is -0.397 e. The van der Waals surface area contributed by atoms with Crippen LogP contribution in [0.2, 0.25) is 0 Å². The third-order valence-electron chi connectivity index (χ3n) is 2.18. The Morgan fingerprint density at radius 2 is 2.35 bits per heavy atom. The molecule has 0 aliphatic rings. The van der Waals surface area contributed by atoms with Crippen molar-refractivity contribution in [2.75, 3.05) is 12.3 Å². The molecule has 0 fully saturated rings. The number of nitriles is 1. The Hall–Kier alpha value is -1.81. The van der Waals surface area contributed by atoms with Crippen LogP contribution < -0.4 is 16.6 Å². The van der Waals surface area contributed by atoms with Crippen molar-refractivity contribution < 1.29 is 4.79 Å². The number of aromatic nitrogens is 1. The van der Waals surface area contributed by atoms with Gasteiger partial charge >= 0.3 is 0 Å². The van der Waals surface area contributed by atoms with E-state index >= 15 is 0 Å². The van der Waals surface area contributed by atoms with Crippen LogP contribution in [0.25, 0.3) is 0 Å². The number of halogens is 1. The number of carbonyl (C=O) groups is 1. The molecule has 0 radical (unpaired) electrons. The zero-order chi connectivity index (χ0) is 13.0. The molecule has 0 bridgehead atoms. The standard InChI is InChI=1S/C10H11BrN4O2/c1-6-7(13)4-15(10(17)9(6)11)5-8(16)14-3-2-12/h4H,3,5,13H2,1H3,(H,14,16). The summed E-state index contributed by atoms with van der Waals surface area (Å²) in [6.07, 6.45) is 1.41. The van der Waals surface area contributed by atoms with Crippen LogP contribution in [0.1, 0.15) is 5.56 Å². The molecule has 1 amide bonds. The fraction of sp³-hybridized carbons (Fsp3) is 0.300. The molecule has 3 N–H and O–H groups in total. The van der Waals surface area contributed by atoms with Crippen molar-refractivity contribution in [3.05, 3.63) is 26.6 Å². The summed E-state index contributed by atoms with van der Waals surface area (Å²) in [6, 6.07) is 1.78. The number of rotatable bonds is 3. The predicted molar refractivity (Wildman–Crippen MR) is 66.2 cm³/mol. The van der Waals surface area contributed by atoms with Gasteiger partial charge in [0.15, 0.2) is 0 Å². The first-order valence-corrected chi connectivity index (χ1v) is 5.55. The molecule has 6 nitrogen and oxygen atoms in total. The Bertz CT molecular complexity index is 544. The van der Waals surface area contributed by atoms with Crippen molar-refractivity contribution in [2.24, 2.45) is 0 Å². The second-order valence-electron chi connectivity index (χ2n) is 3.39. The van der Waals surface area contributed by atoms with Crippen LogP contribution in [-0.4, -0.2) is 17.0 Å². The molecule has 1 aromatic heterocycles. The normalized spacial score (nSPS) is 9.71. The molecule has 0 spiro atoms. The Balaban J connectivity index is 2.98. The van der Waals surface area contributed by atoms with E-state index in [9.17, 15) is 9.59 Å². The number of nitrogens with one attached hydrogen (secondary N) is 1. The Morgan fingerprint density at radius 1 is 1.71 bits per heavy atom. The fourth-order valence-electron chi connectivity index (χ4n) is 1.20. The van der Waals surface area contributed by atoms with Gasteiger partial charge in [-0.1, -0.05) is 0 Å². The lowest BCUT2D eigenvalue weighted by atomic mass is 10.2. The topological polar surface area (TPSA) is 101 Å². The predicted octanol–water partition coefficient (Wildman–Crippen LogP) is 0.141. The first-order chi connectivity index (χ1) is 7.97. The third kappa shape index (κ3) is 3.07. The van der Waals surface area contributed by atoms with Gasteiger partial charge in [0, 0.05) is 6.20 Å². The maximum Gasteiger partial charge on any atom is 0.265 e. The van der Waals surface area contributed by atoms with Gasteiger partial charge in [0.2, 0.25) is 5.91 Å². The van der Waals surface area contributed by atoms with Crippen LogP contribution in [0.4, 0.5) is 5.69 Å². The lowest BCUT2D eigenvalue weighted by Crippen LogP contribution is -2.33. The molecule has 1 heterocycles. The van der Waals surface area contributed by atoms with Gasteiger partial charge < -0.3 is 15.6 Å². The highest BCUT2D eigenvalue weighted by Gasteiger charge is 2.10. The molecule has 0 aromatic carbocycles. The summed E-state index contributed by atoms with van der Waals surface area (Å²) in [5.74, 6) is -0.413. The van der Waals surface area contributed by atoms with E-state index in [4.69, 9.17) is 11.0 Å². The monoisotopic (exact) mass is 298 g/mol. The van der Waals surface area contributed by atoms with Crippen molar-refractivity contribution in [3.8, 4) is 6.07 Å². The highest BCUT2D eigenvalue weighted by molar-refractivity contribution is 9.10. The first-order valence-electron chi connectivity index (χ1n) is 4.76. The quantitative estimate of drug-likeness (QED) is 0.775. The molecule has 0 aliphatic carbocycles. The number of nitrogens with two attached hydrogens (primary N) is 1. The van der Waals surface area contributed by atoms with Crippen molar-refractivity contribution in [1.29, 1.82) is 5.26 Å². The smallest absolute Gasteiger partial charge is 0.265 e. The van der Waals surface area contributed by atoms with E-state index in [0.29, 0.717) is 15.7 Å². The number of hydrogen-bond acceptors (Lipinski definition) is 4. The highest BCUT2D eigenvalue weighted by atomic mass is 79.9. The lowest BCUT2D eigenvalue weighted by Gasteiger charge is -2.09. The summed E-state index contributed by atoms with van der Waals surface area (Å²) in [6.45, 7) is 1.46. The molecule has 17 heavy (non-hydrogen) atoms. The van der Waals surface area contributed by atoms with E-state index in [2.05, 4.69) is 21.2 Å². The largest absolute Gasteiger partial charge is 0.397 e. The Labute approximate surface area is 106 Å². The zero-order valence-electron chi connectivity index (χ0n) is 9.16. The molecule has 90 valence electrons. The number of anilines is 1. The Morgan fingerprint density at radius 3 is 2.94 bits per heavy atom. The van der Waals surface area contributed by atoms with E-state index in [0.717, 1.165) is 0 Å². The molecule has 0 unspecified atom stereocenters. The maximum atomic E-state index is 11.8. The molecular weight excluding hydrogens is 288 g/mol. The summed E-state index contributed by atoms with van der Waals surface area (Å²) in [5, 5.41) is 10.6. The van der Waals surface area contributed by atoms with Gasteiger partial charge in [0.25, 0.3) is 5.56 Å². The third-order valence-corrected chi connectivity index (χ3v) is 3.12. The molecule has 1 rings (SSSR count). The minimum absolute atomic E-state index is 0.0872. The fourth-order valence-corrected chi connectivity index (χ4v) is 1.66. The van der Waals surface area contributed by atoms with Gasteiger partial charge in [-0.25, -0.2) is 0 Å². The number of nitrogen functional groups attached to an aromatic ring is 1. The average molecular weight is 299 g/mol. The van der Waals surface area contributed by atoms with Crippen LogP contribution in [-0.2, 0) is 11.3 Å².